The molecular weight excluding hydrogens is 317 g/mol. The zero-order chi connectivity index (χ0) is 15.7. The van der Waals surface area contributed by atoms with Gasteiger partial charge < -0.3 is 5.32 Å². The number of alkyl halides is 2. The van der Waals surface area contributed by atoms with Crippen molar-refractivity contribution in [3.8, 4) is 0 Å². The lowest BCUT2D eigenvalue weighted by molar-refractivity contribution is 0.0933. The number of allylic oxidation sites excluding steroid dienone is 1. The molecule has 2 nitrogen and oxygen atoms in total. The lowest BCUT2D eigenvalue weighted by Crippen LogP contribution is -2.45. The van der Waals surface area contributed by atoms with Crippen LogP contribution in [0.1, 0.15) is 23.2 Å². The lowest BCUT2D eigenvalue weighted by atomic mass is 9.90. The van der Waals surface area contributed by atoms with Crippen molar-refractivity contribution in [1.29, 1.82) is 0 Å². The molecule has 4 heteroatoms. The van der Waals surface area contributed by atoms with Crippen molar-refractivity contribution in [1.82, 2.24) is 5.32 Å². The van der Waals surface area contributed by atoms with Crippen molar-refractivity contribution in [3.63, 3.8) is 0 Å². The van der Waals surface area contributed by atoms with Crippen LogP contribution in [-0.2, 0) is 0 Å². The normalized spacial score (nSPS) is 25.2. The maximum atomic E-state index is 12.6. The van der Waals surface area contributed by atoms with E-state index in [1.807, 2.05) is 42.5 Å². The van der Waals surface area contributed by atoms with E-state index in [4.69, 9.17) is 23.2 Å². The third kappa shape index (κ3) is 2.99. The van der Waals surface area contributed by atoms with Gasteiger partial charge in [-0.15, -0.1) is 23.2 Å². The van der Waals surface area contributed by atoms with Crippen molar-refractivity contribution in [2.75, 3.05) is 0 Å². The van der Waals surface area contributed by atoms with Gasteiger partial charge in [0.2, 0.25) is 0 Å². The smallest absolute Gasteiger partial charge is 0.252 e. The second kappa shape index (κ2) is 6.31. The molecular formula is C18H17Cl2NO. The summed E-state index contributed by atoms with van der Waals surface area (Å²) in [5.74, 6) is -0.108. The molecule has 0 bridgehead atoms. The first-order valence-electron chi connectivity index (χ1n) is 7.30. The Kier molecular flexibility index (Phi) is 4.42. The topological polar surface area (TPSA) is 29.1 Å². The minimum atomic E-state index is -0.165. The van der Waals surface area contributed by atoms with Gasteiger partial charge >= 0.3 is 0 Å². The van der Waals surface area contributed by atoms with Gasteiger partial charge in [-0.05, 0) is 29.7 Å². The molecule has 1 N–H and O–H groups in total. The van der Waals surface area contributed by atoms with Gasteiger partial charge in [0.05, 0.1) is 10.8 Å². The highest BCUT2D eigenvalue weighted by molar-refractivity contribution is 6.24. The van der Waals surface area contributed by atoms with E-state index < -0.39 is 0 Å². The van der Waals surface area contributed by atoms with Crippen LogP contribution in [0, 0.1) is 0 Å². The van der Waals surface area contributed by atoms with Crippen LogP contribution in [-0.4, -0.2) is 22.7 Å². The zero-order valence-corrected chi connectivity index (χ0v) is 13.6. The van der Waals surface area contributed by atoms with Crippen molar-refractivity contribution in [2.24, 2.45) is 0 Å². The average molecular weight is 334 g/mol. The second-order valence-corrected chi connectivity index (χ2v) is 6.78. The molecule has 0 aromatic heterocycles. The fourth-order valence-electron chi connectivity index (χ4n) is 2.88. The van der Waals surface area contributed by atoms with Crippen LogP contribution in [0.2, 0.25) is 0 Å². The van der Waals surface area contributed by atoms with E-state index in [2.05, 4.69) is 11.9 Å². The zero-order valence-electron chi connectivity index (χ0n) is 12.1. The van der Waals surface area contributed by atoms with Crippen LogP contribution in [0.15, 0.2) is 54.6 Å². The molecule has 0 saturated heterocycles. The van der Waals surface area contributed by atoms with Crippen LogP contribution in [0.4, 0.5) is 0 Å². The third-order valence-corrected chi connectivity index (χ3v) is 5.09. The number of nitrogens with one attached hydrogen (secondary N) is 1. The molecule has 2 aromatic rings. The van der Waals surface area contributed by atoms with E-state index in [1.165, 1.54) is 0 Å². The van der Waals surface area contributed by atoms with Gasteiger partial charge in [-0.25, -0.2) is 0 Å². The molecule has 3 atom stereocenters. The molecule has 3 unspecified atom stereocenters. The number of benzene rings is 2. The number of carbonyl (C=O) groups is 1. The number of halogens is 2. The van der Waals surface area contributed by atoms with Gasteiger partial charge in [0.15, 0.2) is 0 Å². The van der Waals surface area contributed by atoms with E-state index in [1.54, 1.807) is 0 Å². The summed E-state index contributed by atoms with van der Waals surface area (Å²) < 4.78 is 0. The first-order valence-corrected chi connectivity index (χ1v) is 8.18. The van der Waals surface area contributed by atoms with Crippen LogP contribution < -0.4 is 5.32 Å². The minimum Gasteiger partial charge on any atom is -0.348 e. The Labute approximate surface area is 140 Å². The lowest BCUT2D eigenvalue weighted by Gasteiger charge is -2.32. The highest BCUT2D eigenvalue weighted by atomic mass is 35.5. The molecule has 1 fully saturated rings. The van der Waals surface area contributed by atoms with Crippen LogP contribution in [0.25, 0.3) is 10.8 Å². The van der Waals surface area contributed by atoms with Crippen molar-refractivity contribution < 1.29 is 4.79 Å². The Morgan fingerprint density at radius 1 is 1.14 bits per heavy atom. The Morgan fingerprint density at radius 3 is 2.68 bits per heavy atom. The Bertz CT molecular complexity index is 723. The Balaban J connectivity index is 1.83. The fourth-order valence-corrected chi connectivity index (χ4v) is 3.52. The monoisotopic (exact) mass is 333 g/mol. The number of amides is 1. The average Bonchev–Trinajstić information content (AvgIpc) is 2.52. The fraction of sp³-hybridized carbons (Fsp3) is 0.278. The van der Waals surface area contributed by atoms with E-state index in [-0.39, 0.29) is 22.7 Å². The van der Waals surface area contributed by atoms with Crippen molar-refractivity contribution in [2.45, 2.75) is 29.6 Å². The molecule has 1 aliphatic carbocycles. The maximum absolute atomic E-state index is 12.6. The predicted molar refractivity (Wildman–Crippen MR) is 92.9 cm³/mol. The highest BCUT2D eigenvalue weighted by Gasteiger charge is 2.32. The third-order valence-electron chi connectivity index (χ3n) is 4.15. The summed E-state index contributed by atoms with van der Waals surface area (Å²) in [7, 11) is 0. The minimum absolute atomic E-state index is 0.108. The van der Waals surface area contributed by atoms with Gasteiger partial charge in [-0.2, -0.15) is 0 Å². The summed E-state index contributed by atoms with van der Waals surface area (Å²) in [6, 6.07) is 13.4. The number of hydrogen-bond donors (Lipinski definition) is 1. The maximum Gasteiger partial charge on any atom is 0.252 e. The largest absolute Gasteiger partial charge is 0.348 e. The Hall–Kier alpha value is -1.51. The standard InChI is InChI=1S/C18H17Cl2NO/c1-11-9-16(20)17(10-15(11)19)21-18(22)14-8-4-6-12-5-2-3-7-13(12)14/h2-8,15-17H,1,9-10H2,(H,21,22). The first kappa shape index (κ1) is 15.4. The molecule has 1 amide bonds. The highest BCUT2D eigenvalue weighted by Crippen LogP contribution is 2.31. The first-order chi connectivity index (χ1) is 10.6. The molecule has 0 heterocycles. The molecule has 0 spiro atoms. The van der Waals surface area contributed by atoms with Gasteiger partial charge in [0, 0.05) is 11.6 Å². The molecule has 1 aliphatic rings. The SMILES string of the molecule is C=C1CC(Cl)C(NC(=O)c2cccc3ccccc23)CC1Cl. The van der Waals surface area contributed by atoms with Crippen molar-refractivity contribution >= 4 is 39.9 Å². The van der Waals surface area contributed by atoms with Crippen LogP contribution >= 0.6 is 23.2 Å². The summed E-state index contributed by atoms with van der Waals surface area (Å²) in [5, 5.41) is 4.72. The summed E-state index contributed by atoms with van der Waals surface area (Å²) in [4.78, 5) is 12.6. The number of hydrogen-bond acceptors (Lipinski definition) is 1. The van der Waals surface area contributed by atoms with E-state index in [0.717, 1.165) is 16.3 Å². The molecule has 3 rings (SSSR count). The van der Waals surface area contributed by atoms with Crippen LogP contribution in [0.5, 0.6) is 0 Å². The molecule has 114 valence electrons. The predicted octanol–water partition coefficient (Wildman–Crippen LogP) is 4.50. The van der Waals surface area contributed by atoms with E-state index >= 15 is 0 Å². The number of rotatable bonds is 2. The summed E-state index contributed by atoms with van der Waals surface area (Å²) >= 11 is 12.6. The summed E-state index contributed by atoms with van der Waals surface area (Å²) in [6.45, 7) is 3.93. The molecule has 2 aromatic carbocycles. The number of carbonyl (C=O) groups excluding carboxylic acids is 1. The molecule has 0 aliphatic heterocycles. The second-order valence-electron chi connectivity index (χ2n) is 5.69. The molecule has 1 saturated carbocycles. The van der Waals surface area contributed by atoms with Gasteiger partial charge in [0.1, 0.15) is 0 Å². The van der Waals surface area contributed by atoms with E-state index in [0.29, 0.717) is 18.4 Å². The van der Waals surface area contributed by atoms with Gasteiger partial charge in [0.25, 0.3) is 5.91 Å². The van der Waals surface area contributed by atoms with Gasteiger partial charge in [-0.1, -0.05) is 48.6 Å². The number of fused-ring (bicyclic) bond motifs is 1. The van der Waals surface area contributed by atoms with Crippen LogP contribution in [0.3, 0.4) is 0 Å². The molecule has 0 radical (unpaired) electrons. The quantitative estimate of drug-likeness (QED) is 0.636. The summed E-state index contributed by atoms with van der Waals surface area (Å²) in [6.07, 6.45) is 1.25. The Morgan fingerprint density at radius 2 is 1.86 bits per heavy atom. The van der Waals surface area contributed by atoms with Gasteiger partial charge in [-0.3, -0.25) is 4.79 Å². The van der Waals surface area contributed by atoms with Crippen molar-refractivity contribution in [3.05, 3.63) is 60.2 Å². The molecule has 22 heavy (non-hydrogen) atoms. The van der Waals surface area contributed by atoms with E-state index in [9.17, 15) is 4.79 Å². The summed E-state index contributed by atoms with van der Waals surface area (Å²) in [5.41, 5.74) is 1.61.